The smallest absolute Gasteiger partial charge is 0.273 e. The number of morpholine rings is 1. The largest absolute Gasteiger partial charge is 0.448 e. The van der Waals surface area contributed by atoms with Crippen molar-refractivity contribution >= 4 is 5.91 Å². The number of aliphatic hydroxyl groups excluding tert-OH is 1. The minimum atomic E-state index is -0.373. The molecule has 0 bridgehead atoms. The first-order chi connectivity index (χ1) is 14.6. The molecule has 1 saturated carbocycles. The fraction of sp³-hybridized carbons (Fsp3) is 0.565. The molecule has 0 spiro atoms. The average Bonchev–Trinajstić information content (AvgIpc) is 3.15. The van der Waals surface area contributed by atoms with Crippen molar-refractivity contribution < 1.29 is 19.1 Å². The quantitative estimate of drug-likeness (QED) is 0.732. The highest BCUT2D eigenvalue weighted by atomic mass is 16.5. The fourth-order valence-corrected chi connectivity index (χ4v) is 4.86. The van der Waals surface area contributed by atoms with Crippen molar-refractivity contribution in [2.75, 3.05) is 32.8 Å². The van der Waals surface area contributed by atoms with E-state index in [4.69, 9.17) is 9.15 Å². The summed E-state index contributed by atoms with van der Waals surface area (Å²) in [5.74, 6) is 0.251. The molecule has 2 aromatic rings. The predicted molar refractivity (Wildman–Crippen MR) is 112 cm³/mol. The van der Waals surface area contributed by atoms with Crippen LogP contribution in [0.1, 0.15) is 47.6 Å². The third-order valence-electron chi connectivity index (χ3n) is 6.62. The van der Waals surface area contributed by atoms with E-state index in [1.807, 2.05) is 18.2 Å². The molecular weight excluding hydrogens is 382 g/mol. The van der Waals surface area contributed by atoms with Crippen LogP contribution in [-0.2, 0) is 10.2 Å². The maximum absolute atomic E-state index is 12.6. The summed E-state index contributed by atoms with van der Waals surface area (Å²) in [6.45, 7) is 5.40. The lowest BCUT2D eigenvalue weighted by Crippen LogP contribution is -2.48. The molecule has 0 radical (unpaired) electrons. The van der Waals surface area contributed by atoms with Crippen LogP contribution in [0.4, 0.5) is 0 Å². The molecule has 7 heteroatoms. The van der Waals surface area contributed by atoms with Crippen molar-refractivity contribution in [2.24, 2.45) is 0 Å². The van der Waals surface area contributed by atoms with Crippen molar-refractivity contribution in [1.29, 1.82) is 0 Å². The lowest BCUT2D eigenvalue weighted by atomic mass is 9.74. The number of aryl methyl sites for hydroxylation is 1. The number of hydrogen-bond donors (Lipinski definition) is 2. The van der Waals surface area contributed by atoms with Gasteiger partial charge in [-0.05, 0) is 31.2 Å². The van der Waals surface area contributed by atoms with Crippen molar-refractivity contribution in [3.8, 4) is 0 Å². The Morgan fingerprint density at radius 3 is 2.67 bits per heavy atom. The first-order valence-electron chi connectivity index (χ1n) is 10.8. The van der Waals surface area contributed by atoms with Gasteiger partial charge in [0.05, 0.1) is 19.3 Å². The van der Waals surface area contributed by atoms with Crippen LogP contribution in [-0.4, -0.2) is 65.9 Å². The van der Waals surface area contributed by atoms with E-state index >= 15 is 0 Å². The number of benzene rings is 1. The predicted octanol–water partition coefficient (Wildman–Crippen LogP) is 2.29. The molecule has 2 aliphatic rings. The van der Waals surface area contributed by atoms with Gasteiger partial charge in [0.25, 0.3) is 5.91 Å². The number of amides is 1. The number of hydrogen-bond acceptors (Lipinski definition) is 6. The molecule has 4 rings (SSSR count). The molecule has 1 saturated heterocycles. The van der Waals surface area contributed by atoms with E-state index < -0.39 is 0 Å². The number of rotatable bonds is 5. The number of carbonyl (C=O) groups is 1. The summed E-state index contributed by atoms with van der Waals surface area (Å²) >= 11 is 0. The maximum atomic E-state index is 12.6. The Labute approximate surface area is 177 Å². The van der Waals surface area contributed by atoms with E-state index in [0.29, 0.717) is 24.6 Å². The first-order valence-corrected chi connectivity index (χ1v) is 10.8. The van der Waals surface area contributed by atoms with Gasteiger partial charge in [0.1, 0.15) is 6.26 Å². The molecule has 1 aromatic carbocycles. The molecule has 1 aliphatic carbocycles. The van der Waals surface area contributed by atoms with Crippen molar-refractivity contribution in [3.05, 3.63) is 53.7 Å². The summed E-state index contributed by atoms with van der Waals surface area (Å²) in [6.07, 6.45) is 4.32. The molecule has 0 unspecified atom stereocenters. The van der Waals surface area contributed by atoms with E-state index in [1.165, 1.54) is 11.8 Å². The number of aliphatic hydroxyl groups is 1. The summed E-state index contributed by atoms with van der Waals surface area (Å²) < 4.78 is 10.7. The van der Waals surface area contributed by atoms with Gasteiger partial charge in [-0.2, -0.15) is 0 Å². The summed E-state index contributed by atoms with van der Waals surface area (Å²) in [5, 5.41) is 14.0. The van der Waals surface area contributed by atoms with Gasteiger partial charge < -0.3 is 19.6 Å². The van der Waals surface area contributed by atoms with Gasteiger partial charge in [-0.15, -0.1) is 0 Å². The molecule has 1 aromatic heterocycles. The second kappa shape index (κ2) is 9.29. The van der Waals surface area contributed by atoms with Crippen LogP contribution >= 0.6 is 0 Å². The van der Waals surface area contributed by atoms with Gasteiger partial charge in [0.2, 0.25) is 0 Å². The Hall–Kier alpha value is -2.22. The first kappa shape index (κ1) is 21.0. The van der Waals surface area contributed by atoms with Crippen molar-refractivity contribution in [1.82, 2.24) is 15.2 Å². The third-order valence-corrected chi connectivity index (χ3v) is 6.62. The second-order valence-corrected chi connectivity index (χ2v) is 8.44. The van der Waals surface area contributed by atoms with Crippen LogP contribution in [0.2, 0.25) is 0 Å². The Balaban J connectivity index is 1.53. The van der Waals surface area contributed by atoms with Crippen LogP contribution in [0.25, 0.3) is 0 Å². The van der Waals surface area contributed by atoms with Gasteiger partial charge in [-0.1, -0.05) is 30.3 Å². The lowest BCUT2D eigenvalue weighted by molar-refractivity contribution is -0.0236. The molecule has 2 heterocycles. The molecule has 3 atom stereocenters. The topological polar surface area (TPSA) is 87.8 Å². The minimum Gasteiger partial charge on any atom is -0.448 e. The summed E-state index contributed by atoms with van der Waals surface area (Å²) in [7, 11) is 0. The summed E-state index contributed by atoms with van der Waals surface area (Å²) in [6, 6.07) is 10.5. The molecule has 162 valence electrons. The van der Waals surface area contributed by atoms with Gasteiger partial charge in [0.15, 0.2) is 11.6 Å². The number of nitrogens with zero attached hydrogens (tertiary/aromatic N) is 2. The number of carbonyl (C=O) groups excluding carboxylic acids is 1. The normalized spacial score (nSPS) is 28.1. The molecule has 1 aliphatic heterocycles. The molecule has 1 amide bonds. The van der Waals surface area contributed by atoms with E-state index in [0.717, 1.165) is 45.6 Å². The average molecular weight is 414 g/mol. The molecule has 7 nitrogen and oxygen atoms in total. The van der Waals surface area contributed by atoms with Crippen LogP contribution < -0.4 is 5.32 Å². The van der Waals surface area contributed by atoms with Gasteiger partial charge in [0, 0.05) is 38.0 Å². The lowest BCUT2D eigenvalue weighted by Gasteiger charge is -2.37. The molecule has 30 heavy (non-hydrogen) atoms. The Morgan fingerprint density at radius 1 is 1.23 bits per heavy atom. The summed E-state index contributed by atoms with van der Waals surface area (Å²) in [4.78, 5) is 19.1. The maximum Gasteiger partial charge on any atom is 0.273 e. The molecule has 2 N–H and O–H groups in total. The van der Waals surface area contributed by atoms with Crippen molar-refractivity contribution in [2.45, 2.75) is 50.2 Å². The van der Waals surface area contributed by atoms with E-state index in [-0.39, 0.29) is 23.5 Å². The Bertz CT molecular complexity index is 834. The van der Waals surface area contributed by atoms with Crippen molar-refractivity contribution in [3.63, 3.8) is 0 Å². The molecule has 2 fully saturated rings. The van der Waals surface area contributed by atoms with E-state index in [2.05, 4.69) is 27.3 Å². The number of oxazole rings is 1. The number of ether oxygens (including phenoxy) is 1. The minimum absolute atomic E-state index is 0.133. The fourth-order valence-electron chi connectivity index (χ4n) is 4.86. The van der Waals surface area contributed by atoms with E-state index in [9.17, 15) is 9.90 Å². The highest BCUT2D eigenvalue weighted by molar-refractivity contribution is 5.91. The Kier molecular flexibility index (Phi) is 6.51. The number of aromatic nitrogens is 1. The highest BCUT2D eigenvalue weighted by Gasteiger charge is 2.40. The SMILES string of the molecule is Cc1nc(C(=O)NC[C@]2(c3ccccc3)CC[C@H](O)[C@@H](N3CCOCC3)CC2)co1. The number of nitrogens with one attached hydrogen (secondary N) is 1. The third kappa shape index (κ3) is 4.58. The monoisotopic (exact) mass is 413 g/mol. The standard InChI is InChI=1S/C23H31N3O4/c1-17-25-19(15-30-17)22(28)24-16-23(18-5-3-2-4-6-18)9-7-20(21(27)8-10-23)26-11-13-29-14-12-26/h2-6,15,20-21,27H,7-14,16H2,1H3,(H,24,28)/t20-,21-,23+/m0/s1. The molecular formula is C23H31N3O4. The van der Waals surface area contributed by atoms with Gasteiger partial charge in [-0.25, -0.2) is 4.98 Å². The van der Waals surface area contributed by atoms with Crippen LogP contribution in [0.15, 0.2) is 41.0 Å². The zero-order valence-corrected chi connectivity index (χ0v) is 17.5. The van der Waals surface area contributed by atoms with Gasteiger partial charge in [-0.3, -0.25) is 9.69 Å². The highest BCUT2D eigenvalue weighted by Crippen LogP contribution is 2.39. The van der Waals surface area contributed by atoms with Crippen LogP contribution in [0.5, 0.6) is 0 Å². The Morgan fingerprint density at radius 2 is 1.97 bits per heavy atom. The zero-order valence-electron chi connectivity index (χ0n) is 17.5. The zero-order chi connectivity index (χ0) is 21.0. The second-order valence-electron chi connectivity index (χ2n) is 8.44. The van der Waals surface area contributed by atoms with Crippen LogP contribution in [0.3, 0.4) is 0 Å². The van der Waals surface area contributed by atoms with E-state index in [1.54, 1.807) is 6.92 Å². The summed E-state index contributed by atoms with van der Waals surface area (Å²) in [5.41, 5.74) is 1.28. The van der Waals surface area contributed by atoms with Crippen LogP contribution in [0, 0.1) is 6.92 Å². The van der Waals surface area contributed by atoms with Gasteiger partial charge >= 0.3 is 0 Å².